The predicted octanol–water partition coefficient (Wildman–Crippen LogP) is 3.26. The molecule has 9 heteroatoms. The molecule has 0 bridgehead atoms. The smallest absolute Gasteiger partial charge is 0.293 e. The zero-order valence-electron chi connectivity index (χ0n) is 15.3. The highest BCUT2D eigenvalue weighted by molar-refractivity contribution is 7.15. The van der Waals surface area contributed by atoms with Crippen LogP contribution in [0.2, 0.25) is 0 Å². The highest BCUT2D eigenvalue weighted by Crippen LogP contribution is 2.29. The highest BCUT2D eigenvalue weighted by Gasteiger charge is 2.26. The molecule has 0 spiro atoms. The van der Waals surface area contributed by atoms with E-state index in [-0.39, 0.29) is 24.0 Å². The SMILES string of the molecule is O=C(Nc1nc2c(s1)CN(C(=O)Cc1noc3ccccc13)CC2)c1ccco1. The minimum absolute atomic E-state index is 0.00993. The number of rotatable bonds is 4. The minimum Gasteiger partial charge on any atom is -0.459 e. The number of nitrogens with one attached hydrogen (secondary N) is 1. The third-order valence-electron chi connectivity index (χ3n) is 4.82. The number of furan rings is 1. The molecule has 0 radical (unpaired) electrons. The van der Waals surface area contributed by atoms with Gasteiger partial charge in [0.1, 0.15) is 5.69 Å². The molecule has 29 heavy (non-hydrogen) atoms. The third kappa shape index (κ3) is 3.40. The van der Waals surface area contributed by atoms with Crippen molar-refractivity contribution in [2.24, 2.45) is 0 Å². The van der Waals surface area contributed by atoms with Gasteiger partial charge in [-0.2, -0.15) is 0 Å². The Morgan fingerprint density at radius 1 is 1.21 bits per heavy atom. The molecule has 5 rings (SSSR count). The maximum atomic E-state index is 12.8. The van der Waals surface area contributed by atoms with Crippen LogP contribution in [0.25, 0.3) is 11.0 Å². The molecule has 8 nitrogen and oxygen atoms in total. The van der Waals surface area contributed by atoms with Gasteiger partial charge in [-0.05, 0) is 24.3 Å². The van der Waals surface area contributed by atoms with Gasteiger partial charge in [-0.3, -0.25) is 14.9 Å². The van der Waals surface area contributed by atoms with Crippen molar-refractivity contribution < 1.29 is 18.5 Å². The van der Waals surface area contributed by atoms with Crippen LogP contribution >= 0.6 is 11.3 Å². The highest BCUT2D eigenvalue weighted by atomic mass is 32.1. The second kappa shape index (κ2) is 7.17. The lowest BCUT2D eigenvalue weighted by Gasteiger charge is -2.25. The van der Waals surface area contributed by atoms with E-state index in [1.807, 2.05) is 24.3 Å². The second-order valence-electron chi connectivity index (χ2n) is 6.69. The van der Waals surface area contributed by atoms with Gasteiger partial charge < -0.3 is 13.8 Å². The Morgan fingerprint density at radius 3 is 2.97 bits per heavy atom. The molecule has 1 N–H and O–H groups in total. The Bertz CT molecular complexity index is 1190. The summed E-state index contributed by atoms with van der Waals surface area (Å²) in [6, 6.07) is 10.8. The summed E-state index contributed by atoms with van der Waals surface area (Å²) < 4.78 is 10.4. The lowest BCUT2D eigenvalue weighted by molar-refractivity contribution is -0.131. The number of hydrogen-bond donors (Lipinski definition) is 1. The van der Waals surface area contributed by atoms with Crippen molar-refractivity contribution >= 4 is 39.3 Å². The van der Waals surface area contributed by atoms with E-state index in [0.29, 0.717) is 35.9 Å². The van der Waals surface area contributed by atoms with Gasteiger partial charge in [0, 0.05) is 23.2 Å². The molecule has 1 aliphatic heterocycles. The fourth-order valence-corrected chi connectivity index (χ4v) is 4.37. The summed E-state index contributed by atoms with van der Waals surface area (Å²) in [5, 5.41) is 8.17. The molecule has 1 aromatic carbocycles. The molecule has 4 heterocycles. The number of benzene rings is 1. The summed E-state index contributed by atoms with van der Waals surface area (Å²) in [4.78, 5) is 32.2. The van der Waals surface area contributed by atoms with Gasteiger partial charge in [0.05, 0.1) is 24.9 Å². The van der Waals surface area contributed by atoms with Gasteiger partial charge >= 0.3 is 0 Å². The average molecular weight is 408 g/mol. The first-order valence-electron chi connectivity index (χ1n) is 9.12. The minimum atomic E-state index is -0.341. The summed E-state index contributed by atoms with van der Waals surface area (Å²) in [5.74, 6) is -0.119. The summed E-state index contributed by atoms with van der Waals surface area (Å²) in [6.07, 6.45) is 2.28. The Balaban J connectivity index is 1.27. The molecule has 0 aliphatic carbocycles. The van der Waals surface area contributed by atoms with E-state index >= 15 is 0 Å². The molecule has 0 fully saturated rings. The van der Waals surface area contributed by atoms with Gasteiger partial charge in [-0.25, -0.2) is 4.98 Å². The monoisotopic (exact) mass is 408 g/mol. The first-order valence-corrected chi connectivity index (χ1v) is 9.93. The lowest BCUT2D eigenvalue weighted by atomic mass is 10.1. The topological polar surface area (TPSA) is 101 Å². The van der Waals surface area contributed by atoms with Crippen LogP contribution in [-0.4, -0.2) is 33.4 Å². The first kappa shape index (κ1) is 17.6. The molecular weight excluding hydrogens is 392 g/mol. The number of amides is 2. The first-order chi connectivity index (χ1) is 14.2. The largest absolute Gasteiger partial charge is 0.459 e. The van der Waals surface area contributed by atoms with Crippen LogP contribution in [0.3, 0.4) is 0 Å². The van der Waals surface area contributed by atoms with Crippen molar-refractivity contribution in [3.05, 3.63) is 64.7 Å². The number of nitrogens with zero attached hydrogens (tertiary/aromatic N) is 3. The van der Waals surface area contributed by atoms with Crippen molar-refractivity contribution in [1.82, 2.24) is 15.0 Å². The van der Waals surface area contributed by atoms with E-state index in [4.69, 9.17) is 8.94 Å². The van der Waals surface area contributed by atoms with E-state index in [2.05, 4.69) is 15.5 Å². The van der Waals surface area contributed by atoms with E-state index < -0.39 is 0 Å². The molecule has 0 atom stereocenters. The maximum absolute atomic E-state index is 12.8. The molecule has 4 aromatic rings. The zero-order chi connectivity index (χ0) is 19.8. The summed E-state index contributed by atoms with van der Waals surface area (Å²) in [7, 11) is 0. The average Bonchev–Trinajstić information content (AvgIpc) is 3.47. The fraction of sp³-hybridized carbons (Fsp3) is 0.200. The number of para-hydroxylation sites is 1. The third-order valence-corrected chi connectivity index (χ3v) is 5.82. The number of carbonyl (C=O) groups is 2. The van der Waals surface area contributed by atoms with Gasteiger partial charge in [-0.15, -0.1) is 0 Å². The quantitative estimate of drug-likeness (QED) is 0.556. The Hall–Kier alpha value is -3.46. The second-order valence-corrected chi connectivity index (χ2v) is 7.77. The van der Waals surface area contributed by atoms with Crippen LogP contribution in [0.1, 0.15) is 26.8 Å². The number of anilines is 1. The molecule has 0 unspecified atom stereocenters. The molecule has 146 valence electrons. The number of thiazole rings is 1. The zero-order valence-corrected chi connectivity index (χ0v) is 16.1. The summed E-state index contributed by atoms with van der Waals surface area (Å²) >= 11 is 1.38. The Kier molecular flexibility index (Phi) is 4.36. The summed E-state index contributed by atoms with van der Waals surface area (Å²) in [5.41, 5.74) is 2.24. The molecule has 2 amide bonds. The van der Waals surface area contributed by atoms with Crippen molar-refractivity contribution in [3.8, 4) is 0 Å². The molecule has 3 aromatic heterocycles. The van der Waals surface area contributed by atoms with Crippen LogP contribution in [0, 0.1) is 0 Å². The van der Waals surface area contributed by atoms with Gasteiger partial charge in [0.15, 0.2) is 16.5 Å². The van der Waals surface area contributed by atoms with E-state index in [1.54, 1.807) is 17.0 Å². The molecule has 0 saturated heterocycles. The van der Waals surface area contributed by atoms with Gasteiger partial charge in [0.25, 0.3) is 5.91 Å². The molecular formula is C20H16N4O4S. The number of aromatic nitrogens is 2. The number of hydrogen-bond acceptors (Lipinski definition) is 7. The number of carbonyl (C=O) groups excluding carboxylic acids is 2. The van der Waals surface area contributed by atoms with Crippen LogP contribution in [0.4, 0.5) is 5.13 Å². The Labute approximate surface area is 169 Å². The van der Waals surface area contributed by atoms with Crippen LogP contribution in [0.15, 0.2) is 51.6 Å². The lowest BCUT2D eigenvalue weighted by Crippen LogP contribution is -2.36. The van der Waals surface area contributed by atoms with Crippen molar-refractivity contribution in [1.29, 1.82) is 0 Å². The van der Waals surface area contributed by atoms with Gasteiger partial charge in [0.2, 0.25) is 5.91 Å². The fourth-order valence-electron chi connectivity index (χ4n) is 3.35. The van der Waals surface area contributed by atoms with Crippen molar-refractivity contribution in [2.45, 2.75) is 19.4 Å². The van der Waals surface area contributed by atoms with E-state index in [1.165, 1.54) is 17.6 Å². The van der Waals surface area contributed by atoms with Crippen molar-refractivity contribution in [2.75, 3.05) is 11.9 Å². The van der Waals surface area contributed by atoms with Crippen LogP contribution < -0.4 is 5.32 Å². The van der Waals surface area contributed by atoms with E-state index in [0.717, 1.165) is 16.0 Å². The normalized spacial score (nSPS) is 13.4. The standard InChI is InChI=1S/C20H16N4O4S/c25-18(10-14-12-4-1-2-5-15(12)28-23-14)24-8-7-13-17(11-24)29-20(21-13)22-19(26)16-6-3-9-27-16/h1-6,9H,7-8,10-11H2,(H,21,22,26). The van der Waals surface area contributed by atoms with E-state index in [9.17, 15) is 9.59 Å². The summed E-state index contributed by atoms with van der Waals surface area (Å²) in [6.45, 7) is 1.05. The Morgan fingerprint density at radius 2 is 2.10 bits per heavy atom. The number of fused-ring (bicyclic) bond motifs is 2. The van der Waals surface area contributed by atoms with Crippen LogP contribution in [-0.2, 0) is 24.2 Å². The van der Waals surface area contributed by atoms with Gasteiger partial charge in [-0.1, -0.05) is 28.6 Å². The maximum Gasteiger partial charge on any atom is 0.293 e. The molecule has 0 saturated carbocycles. The predicted molar refractivity (Wildman–Crippen MR) is 106 cm³/mol. The van der Waals surface area contributed by atoms with Crippen molar-refractivity contribution in [3.63, 3.8) is 0 Å². The van der Waals surface area contributed by atoms with Crippen LogP contribution in [0.5, 0.6) is 0 Å². The molecule has 1 aliphatic rings.